The molecule has 0 saturated heterocycles. The average Bonchev–Trinajstić information content (AvgIpc) is 2.39. The van der Waals surface area contributed by atoms with Crippen LogP contribution < -0.4 is 9.79 Å². The number of aromatic nitrogens is 1. The Bertz CT molecular complexity index is 507. The first-order valence-corrected chi connectivity index (χ1v) is 5.29. The molecule has 2 rings (SSSR count). The predicted molar refractivity (Wildman–Crippen MR) is 64.0 cm³/mol. The van der Waals surface area contributed by atoms with Gasteiger partial charge in [0.2, 0.25) is 0 Å². The van der Waals surface area contributed by atoms with E-state index in [0.29, 0.717) is 5.69 Å². The molecule has 2 heterocycles. The fraction of sp³-hybridized carbons (Fsp3) is 0.0833. The fourth-order valence-electron chi connectivity index (χ4n) is 1.71. The maximum Gasteiger partial charge on any atom is 0.934 e. The molecule has 5 heteroatoms. The van der Waals surface area contributed by atoms with Crippen LogP contribution in [0.25, 0.3) is 5.57 Å². The lowest BCUT2D eigenvalue weighted by Crippen LogP contribution is -2.48. The maximum atomic E-state index is 12.8. The van der Waals surface area contributed by atoms with Gasteiger partial charge in [-0.1, -0.05) is 6.08 Å². The van der Waals surface area contributed by atoms with Gasteiger partial charge in [-0.3, -0.25) is 0 Å². The van der Waals surface area contributed by atoms with Crippen LogP contribution in [0.15, 0.2) is 54.5 Å². The van der Waals surface area contributed by atoms with E-state index >= 15 is 0 Å². The molecule has 0 fully saturated rings. The van der Waals surface area contributed by atoms with Crippen LogP contribution in [0.2, 0.25) is 0 Å². The van der Waals surface area contributed by atoms with E-state index in [4.69, 9.17) is 0 Å². The number of dihydropyridines is 1. The Kier molecular flexibility index (Phi) is 3.37. The summed E-state index contributed by atoms with van der Waals surface area (Å²) in [7, 11) is -2.54. The molecule has 0 aliphatic carbocycles. The molecule has 0 spiro atoms. The SMILES string of the molecule is C/C(=C1\C=CC=CN1)c1cccc[n+]1B(F)F. The van der Waals surface area contributed by atoms with Gasteiger partial charge < -0.3 is 5.32 Å². The average molecular weight is 233 g/mol. The lowest BCUT2D eigenvalue weighted by Gasteiger charge is -2.10. The summed E-state index contributed by atoms with van der Waals surface area (Å²) >= 11 is 0. The molecule has 17 heavy (non-hydrogen) atoms. The number of nitrogens with zero attached hydrogens (tertiary/aromatic N) is 1. The van der Waals surface area contributed by atoms with Crippen molar-refractivity contribution in [1.29, 1.82) is 0 Å². The van der Waals surface area contributed by atoms with Crippen LogP contribution in [0.1, 0.15) is 12.6 Å². The van der Waals surface area contributed by atoms with Crippen LogP contribution in [0, 0.1) is 0 Å². The van der Waals surface area contributed by atoms with E-state index in [-0.39, 0.29) is 0 Å². The Labute approximate surface area is 99.2 Å². The zero-order chi connectivity index (χ0) is 12.3. The van der Waals surface area contributed by atoms with Crippen molar-refractivity contribution in [3.63, 3.8) is 0 Å². The highest BCUT2D eigenvalue weighted by Gasteiger charge is 2.35. The number of halogens is 2. The van der Waals surface area contributed by atoms with E-state index in [1.54, 1.807) is 24.4 Å². The Balaban J connectivity index is 2.47. The minimum absolute atomic E-state index is 0.505. The molecular formula is C12H12BF2N2+. The van der Waals surface area contributed by atoms with Crippen molar-refractivity contribution in [3.05, 3.63) is 60.2 Å². The molecular weight excluding hydrogens is 221 g/mol. The van der Waals surface area contributed by atoms with Crippen molar-refractivity contribution < 1.29 is 13.1 Å². The van der Waals surface area contributed by atoms with Gasteiger partial charge in [-0.2, -0.15) is 0 Å². The molecule has 1 aromatic rings. The second kappa shape index (κ2) is 4.95. The van der Waals surface area contributed by atoms with E-state index in [1.807, 2.05) is 25.2 Å². The van der Waals surface area contributed by atoms with Crippen LogP contribution >= 0.6 is 0 Å². The minimum atomic E-state index is -2.54. The third-order valence-electron chi connectivity index (χ3n) is 2.60. The third kappa shape index (κ3) is 2.44. The maximum absolute atomic E-state index is 12.8. The molecule has 0 atom stereocenters. The summed E-state index contributed by atoms with van der Waals surface area (Å²) < 4.78 is 26.6. The number of hydrogen-bond donors (Lipinski definition) is 1. The Morgan fingerprint density at radius 1 is 1.29 bits per heavy atom. The molecule has 1 aromatic heterocycles. The summed E-state index contributed by atoms with van der Waals surface area (Å²) in [5, 5.41) is 3.04. The topological polar surface area (TPSA) is 15.9 Å². The van der Waals surface area contributed by atoms with Crippen molar-refractivity contribution in [2.24, 2.45) is 0 Å². The molecule has 2 nitrogen and oxygen atoms in total. The summed E-state index contributed by atoms with van der Waals surface area (Å²) in [6, 6.07) is 5.03. The zero-order valence-corrected chi connectivity index (χ0v) is 9.40. The largest absolute Gasteiger partial charge is 0.934 e. The van der Waals surface area contributed by atoms with Crippen LogP contribution in [0.5, 0.6) is 0 Å². The second-order valence-electron chi connectivity index (χ2n) is 3.67. The Morgan fingerprint density at radius 3 is 2.76 bits per heavy atom. The summed E-state index contributed by atoms with van der Waals surface area (Å²) in [4.78, 5) is 0. The fourth-order valence-corrected chi connectivity index (χ4v) is 1.71. The van der Waals surface area contributed by atoms with E-state index in [9.17, 15) is 8.63 Å². The molecule has 1 aliphatic heterocycles. The quantitative estimate of drug-likeness (QED) is 0.774. The molecule has 1 aliphatic rings. The summed E-state index contributed by atoms with van der Waals surface area (Å²) in [5.41, 5.74) is 2.12. The number of pyridine rings is 1. The van der Waals surface area contributed by atoms with Crippen LogP contribution in [-0.4, -0.2) is 7.40 Å². The van der Waals surface area contributed by atoms with E-state index in [0.717, 1.165) is 15.7 Å². The van der Waals surface area contributed by atoms with Gasteiger partial charge in [0.05, 0.1) is 0 Å². The Hall–Kier alpha value is -1.91. The molecule has 0 amide bonds. The summed E-state index contributed by atoms with van der Waals surface area (Å²) in [6.45, 7) is 1.82. The van der Waals surface area contributed by atoms with E-state index in [2.05, 4.69) is 5.32 Å². The molecule has 0 unspecified atom stereocenters. The molecule has 0 aromatic carbocycles. The predicted octanol–water partition coefficient (Wildman–Crippen LogP) is 2.15. The van der Waals surface area contributed by atoms with Gasteiger partial charge in [0, 0.05) is 23.5 Å². The smallest absolute Gasteiger partial charge is 0.361 e. The van der Waals surface area contributed by atoms with Gasteiger partial charge in [0.25, 0.3) is 0 Å². The van der Waals surface area contributed by atoms with Crippen molar-refractivity contribution in [2.75, 3.05) is 0 Å². The first kappa shape index (κ1) is 11.6. The lowest BCUT2D eigenvalue weighted by atomic mass is 10.1. The van der Waals surface area contributed by atoms with Crippen molar-refractivity contribution in [3.8, 4) is 0 Å². The molecule has 86 valence electrons. The highest BCUT2D eigenvalue weighted by atomic mass is 19.2. The lowest BCUT2D eigenvalue weighted by molar-refractivity contribution is -0.557. The molecule has 0 radical (unpaired) electrons. The second-order valence-corrected chi connectivity index (χ2v) is 3.67. The number of hydrogen-bond acceptors (Lipinski definition) is 1. The number of rotatable bonds is 2. The normalized spacial score (nSPS) is 16.6. The van der Waals surface area contributed by atoms with E-state index in [1.165, 1.54) is 6.20 Å². The monoisotopic (exact) mass is 233 g/mol. The molecule has 0 saturated carbocycles. The minimum Gasteiger partial charge on any atom is -0.361 e. The first-order chi connectivity index (χ1) is 8.20. The summed E-state index contributed by atoms with van der Waals surface area (Å²) in [5.74, 6) is 0. The van der Waals surface area contributed by atoms with Gasteiger partial charge in [-0.05, 0) is 31.2 Å². The van der Waals surface area contributed by atoms with Crippen LogP contribution in [-0.2, 0) is 0 Å². The van der Waals surface area contributed by atoms with Gasteiger partial charge >= 0.3 is 7.40 Å². The third-order valence-corrected chi connectivity index (χ3v) is 2.60. The van der Waals surface area contributed by atoms with Crippen LogP contribution in [0.4, 0.5) is 8.63 Å². The van der Waals surface area contributed by atoms with Gasteiger partial charge in [-0.15, -0.1) is 0 Å². The molecule has 1 N–H and O–H groups in total. The number of nitrogens with one attached hydrogen (secondary N) is 1. The van der Waals surface area contributed by atoms with Crippen molar-refractivity contribution >= 4 is 13.0 Å². The van der Waals surface area contributed by atoms with Crippen molar-refractivity contribution in [2.45, 2.75) is 6.92 Å². The van der Waals surface area contributed by atoms with Crippen molar-refractivity contribution in [1.82, 2.24) is 5.32 Å². The van der Waals surface area contributed by atoms with Gasteiger partial charge in [-0.25, -0.2) is 13.1 Å². The first-order valence-electron chi connectivity index (χ1n) is 5.29. The highest BCUT2D eigenvalue weighted by Crippen LogP contribution is 2.15. The van der Waals surface area contributed by atoms with Gasteiger partial charge in [0.1, 0.15) is 6.20 Å². The zero-order valence-electron chi connectivity index (χ0n) is 9.40. The number of allylic oxidation sites excluding steroid dienone is 4. The van der Waals surface area contributed by atoms with Gasteiger partial charge in [0.15, 0.2) is 5.69 Å². The van der Waals surface area contributed by atoms with E-state index < -0.39 is 7.40 Å². The highest BCUT2D eigenvalue weighted by molar-refractivity contribution is 6.31. The summed E-state index contributed by atoms with van der Waals surface area (Å²) in [6.07, 6.45) is 8.73. The Morgan fingerprint density at radius 2 is 2.12 bits per heavy atom. The molecule has 0 bridgehead atoms. The standard InChI is InChI=1S/C12H11BF2N2/c1-10(11-6-2-4-8-16-11)12-7-3-5-9-17(12)13(14)15/h2-9H,1H3/p+1. The van der Waals surface area contributed by atoms with Crippen LogP contribution in [0.3, 0.4) is 0 Å².